The first-order chi connectivity index (χ1) is 0. The van der Waals surface area contributed by atoms with Crippen LogP contribution >= 0.6 is 0 Å². The third-order valence-electron chi connectivity index (χ3n) is 0. The van der Waals surface area contributed by atoms with Crippen LogP contribution in [0.1, 0.15) is 0 Å². The molecule has 0 aliphatic heterocycles. The first-order valence-corrected chi connectivity index (χ1v) is 0. The molecule has 5 heteroatoms. The smallest absolute Gasteiger partial charge is 0 e. The average Bonchev–Trinajstić information content (AvgIpc) is 0. The molecular formula is InSn4. The van der Waals surface area contributed by atoms with Crippen LogP contribution in [0.15, 0.2) is 0 Å². The van der Waals surface area contributed by atoms with Crippen LogP contribution in [0.3, 0.4) is 0 Å². The van der Waals surface area contributed by atoms with Gasteiger partial charge in [-0.05, 0) is 0 Å². The Kier molecular flexibility index (Phi) is 174. The molecule has 0 aromatic rings. The normalized spacial score (nSPS) is 0. The molecule has 19 radical (unpaired) electrons. The summed E-state index contributed by atoms with van der Waals surface area (Å²) in [6.07, 6.45) is 0. The van der Waals surface area contributed by atoms with Gasteiger partial charge in [-0.1, -0.05) is 0 Å². The fourth-order valence-corrected chi connectivity index (χ4v) is 0. The van der Waals surface area contributed by atoms with Gasteiger partial charge in [-0.15, -0.1) is 0 Å². The SMILES string of the molecule is [In].[Sn].[Sn].[Sn].[Sn]. The van der Waals surface area contributed by atoms with E-state index in [0.29, 0.717) is 0 Å². The minimum atomic E-state index is 0. The molecule has 0 aliphatic carbocycles. The molecule has 0 saturated carbocycles. The monoisotopic (exact) mass is 595 g/mol. The zero-order chi connectivity index (χ0) is 0. The molecule has 0 heterocycles. The van der Waals surface area contributed by atoms with Gasteiger partial charge in [0.25, 0.3) is 0 Å². The first-order valence-electron chi connectivity index (χ1n) is 0. The molecule has 0 rings (SSSR count). The van der Waals surface area contributed by atoms with Crippen LogP contribution in [0.25, 0.3) is 0 Å². The van der Waals surface area contributed by atoms with E-state index in [9.17, 15) is 0 Å². The second-order valence-corrected chi connectivity index (χ2v) is 0. The predicted octanol–water partition coefficient (Wildman–Crippen LogP) is -1.90. The van der Waals surface area contributed by atoms with Crippen molar-refractivity contribution in [3.8, 4) is 0 Å². The molecule has 0 aliphatic rings. The van der Waals surface area contributed by atoms with Gasteiger partial charge in [-0.3, -0.25) is 0 Å². The van der Waals surface area contributed by atoms with Crippen molar-refractivity contribution in [1.82, 2.24) is 0 Å². The van der Waals surface area contributed by atoms with Crippen LogP contribution in [0.5, 0.6) is 0 Å². The van der Waals surface area contributed by atoms with Crippen molar-refractivity contribution in [1.29, 1.82) is 0 Å². The van der Waals surface area contributed by atoms with Gasteiger partial charge in [-0.2, -0.15) is 0 Å². The Bertz CT molecular complexity index is 3.61. The Hall–Kier alpha value is 4.06. The molecule has 19 valence electrons. The van der Waals surface area contributed by atoms with Crippen molar-refractivity contribution >= 4 is 121 Å². The summed E-state index contributed by atoms with van der Waals surface area (Å²) >= 11 is 0. The van der Waals surface area contributed by atoms with Crippen LogP contribution in [0.2, 0.25) is 0 Å². The van der Waals surface area contributed by atoms with Gasteiger partial charge >= 0.3 is 0 Å². The van der Waals surface area contributed by atoms with Gasteiger partial charge in [0.1, 0.15) is 0 Å². The van der Waals surface area contributed by atoms with Gasteiger partial charge in [0.2, 0.25) is 0 Å². The van der Waals surface area contributed by atoms with Gasteiger partial charge in [0, 0.05) is 121 Å². The summed E-state index contributed by atoms with van der Waals surface area (Å²) in [6.45, 7) is 0. The first kappa shape index (κ1) is 35.7. The summed E-state index contributed by atoms with van der Waals surface area (Å²) in [5.74, 6) is 0. The Labute approximate surface area is 119 Å². The van der Waals surface area contributed by atoms with E-state index >= 15 is 0 Å². The average molecular weight is 590 g/mol. The van der Waals surface area contributed by atoms with Crippen LogP contribution in [-0.2, 0) is 0 Å². The molecular weight excluding hydrogens is 590 g/mol. The van der Waals surface area contributed by atoms with Gasteiger partial charge in [0.05, 0.1) is 0 Å². The van der Waals surface area contributed by atoms with Gasteiger partial charge < -0.3 is 0 Å². The number of rotatable bonds is 0. The second kappa shape index (κ2) is 24.4. The number of hydrogen-bond donors (Lipinski definition) is 0. The van der Waals surface area contributed by atoms with E-state index in [1.54, 1.807) is 0 Å². The summed E-state index contributed by atoms with van der Waals surface area (Å²) in [5.41, 5.74) is 0. The summed E-state index contributed by atoms with van der Waals surface area (Å²) in [4.78, 5) is 0. The maximum absolute atomic E-state index is 0. The molecule has 5 heavy (non-hydrogen) atoms. The van der Waals surface area contributed by atoms with E-state index in [0.717, 1.165) is 0 Å². The summed E-state index contributed by atoms with van der Waals surface area (Å²) in [6, 6.07) is 0. The molecule has 0 saturated heterocycles. The van der Waals surface area contributed by atoms with E-state index in [-0.39, 0.29) is 121 Å². The van der Waals surface area contributed by atoms with Crippen molar-refractivity contribution < 1.29 is 0 Å². The van der Waals surface area contributed by atoms with Gasteiger partial charge in [0.15, 0.2) is 0 Å². The van der Waals surface area contributed by atoms with E-state index < -0.39 is 0 Å². The molecule has 0 bridgehead atoms. The maximum atomic E-state index is 0. The Morgan fingerprint density at radius 2 is 0.400 bits per heavy atom. The summed E-state index contributed by atoms with van der Waals surface area (Å²) < 4.78 is 0. The quantitative estimate of drug-likeness (QED) is 0.290. The Morgan fingerprint density at radius 1 is 0.400 bits per heavy atom. The van der Waals surface area contributed by atoms with Crippen LogP contribution in [-0.4, -0.2) is 121 Å². The largest absolute Gasteiger partial charge is 0 e. The summed E-state index contributed by atoms with van der Waals surface area (Å²) in [7, 11) is 0. The van der Waals surface area contributed by atoms with E-state index in [4.69, 9.17) is 0 Å². The maximum Gasteiger partial charge on any atom is 0 e. The van der Waals surface area contributed by atoms with Gasteiger partial charge in [-0.25, -0.2) is 0 Å². The molecule has 0 N–H and O–H groups in total. The molecule has 0 fully saturated rings. The Morgan fingerprint density at radius 3 is 0.400 bits per heavy atom. The topological polar surface area (TPSA) is 0 Å². The molecule has 0 atom stereocenters. The van der Waals surface area contributed by atoms with Crippen LogP contribution in [0.4, 0.5) is 0 Å². The molecule has 0 amide bonds. The Balaban J connectivity index is 0. The molecule has 0 nitrogen and oxygen atoms in total. The summed E-state index contributed by atoms with van der Waals surface area (Å²) in [5, 5.41) is 0. The second-order valence-electron chi connectivity index (χ2n) is 0. The van der Waals surface area contributed by atoms with Crippen molar-refractivity contribution in [2.45, 2.75) is 0 Å². The number of hydrogen-bond acceptors (Lipinski definition) is 0. The zero-order valence-electron chi connectivity index (χ0n) is 2.58. The van der Waals surface area contributed by atoms with Crippen molar-refractivity contribution in [3.63, 3.8) is 0 Å². The standard InChI is InChI=1S/In.4Sn. The predicted molar refractivity (Wildman–Crippen MR) is 28.8 cm³/mol. The minimum absolute atomic E-state index is 0. The van der Waals surface area contributed by atoms with E-state index in [2.05, 4.69) is 0 Å². The molecule has 0 aromatic carbocycles. The van der Waals surface area contributed by atoms with Crippen LogP contribution < -0.4 is 0 Å². The molecule has 0 aromatic heterocycles. The molecule has 0 unspecified atom stereocenters. The van der Waals surface area contributed by atoms with Crippen molar-refractivity contribution in [2.75, 3.05) is 0 Å². The fourth-order valence-electron chi connectivity index (χ4n) is 0. The fraction of sp³-hybridized carbons (Fsp3) is 0. The van der Waals surface area contributed by atoms with E-state index in [1.165, 1.54) is 0 Å². The van der Waals surface area contributed by atoms with E-state index in [1.807, 2.05) is 0 Å². The third-order valence-corrected chi connectivity index (χ3v) is 0. The molecule has 0 spiro atoms. The third kappa shape index (κ3) is 18.0. The minimum Gasteiger partial charge on any atom is 0 e. The zero-order valence-corrected chi connectivity index (χ0v) is 17.3. The van der Waals surface area contributed by atoms with Crippen molar-refractivity contribution in [2.24, 2.45) is 0 Å². The van der Waals surface area contributed by atoms with Crippen molar-refractivity contribution in [3.05, 3.63) is 0 Å². The van der Waals surface area contributed by atoms with Crippen LogP contribution in [0, 0.1) is 0 Å².